The van der Waals surface area contributed by atoms with Gasteiger partial charge in [0, 0.05) is 5.75 Å². The Morgan fingerprint density at radius 1 is 1.12 bits per heavy atom. The summed E-state index contributed by atoms with van der Waals surface area (Å²) in [4.78, 5) is 18.0. The highest BCUT2D eigenvalue weighted by Gasteiger charge is 2.14. The fraction of sp³-hybridized carbons (Fsp3) is 0.333. The number of thioether (sulfide) groups is 1. The van der Waals surface area contributed by atoms with Crippen LogP contribution in [0.4, 0.5) is 0 Å². The van der Waals surface area contributed by atoms with Crippen LogP contribution >= 0.6 is 11.8 Å². The lowest BCUT2D eigenvalue weighted by atomic mass is 10.1. The number of aromatic nitrogens is 2. The quantitative estimate of drug-likeness (QED) is 0.364. The van der Waals surface area contributed by atoms with Crippen LogP contribution in [0.15, 0.2) is 52.4 Å². The zero-order valence-corrected chi connectivity index (χ0v) is 16.5. The van der Waals surface area contributed by atoms with Gasteiger partial charge in [-0.3, -0.25) is 9.36 Å². The van der Waals surface area contributed by atoms with Crippen molar-refractivity contribution in [3.8, 4) is 5.69 Å². The number of ether oxygens (including phenoxy) is 1. The van der Waals surface area contributed by atoms with Gasteiger partial charge >= 0.3 is 0 Å². The third-order valence-electron chi connectivity index (χ3n) is 3.98. The SMILES string of the molecule is Cc1cc(C)cc(-n2c(SCCOC(C)C)nc3ccccc3c2=O)c1. The van der Waals surface area contributed by atoms with Crippen LogP contribution in [0.1, 0.15) is 25.0 Å². The van der Waals surface area contributed by atoms with E-state index in [1.807, 2.05) is 64.1 Å². The second-order valence-corrected chi connectivity index (χ2v) is 7.73. The second-order valence-electron chi connectivity index (χ2n) is 6.67. The van der Waals surface area contributed by atoms with Gasteiger partial charge in [-0.05, 0) is 63.1 Å². The normalized spacial score (nSPS) is 11.4. The van der Waals surface area contributed by atoms with E-state index < -0.39 is 0 Å². The Morgan fingerprint density at radius 3 is 2.50 bits per heavy atom. The van der Waals surface area contributed by atoms with Crippen molar-refractivity contribution in [2.75, 3.05) is 12.4 Å². The van der Waals surface area contributed by atoms with Gasteiger partial charge in [0.25, 0.3) is 5.56 Å². The van der Waals surface area contributed by atoms with Crippen molar-refractivity contribution in [1.82, 2.24) is 9.55 Å². The molecule has 0 saturated heterocycles. The topological polar surface area (TPSA) is 44.1 Å². The second kappa shape index (κ2) is 8.06. The molecule has 0 aliphatic heterocycles. The average molecular weight is 369 g/mol. The number of nitrogens with zero attached hydrogens (tertiary/aromatic N) is 2. The summed E-state index contributed by atoms with van der Waals surface area (Å²) in [6.45, 7) is 8.74. The van der Waals surface area contributed by atoms with Gasteiger partial charge in [-0.25, -0.2) is 4.98 Å². The van der Waals surface area contributed by atoms with Crippen LogP contribution in [0.3, 0.4) is 0 Å². The molecule has 0 atom stereocenters. The maximum atomic E-state index is 13.2. The van der Waals surface area contributed by atoms with Crippen molar-refractivity contribution in [2.45, 2.75) is 39.0 Å². The Labute approximate surface area is 158 Å². The smallest absolute Gasteiger partial charge is 0.266 e. The van der Waals surface area contributed by atoms with E-state index in [9.17, 15) is 4.79 Å². The highest BCUT2D eigenvalue weighted by Crippen LogP contribution is 2.22. The van der Waals surface area contributed by atoms with E-state index in [4.69, 9.17) is 9.72 Å². The minimum Gasteiger partial charge on any atom is -0.378 e. The van der Waals surface area contributed by atoms with Crippen molar-refractivity contribution in [3.63, 3.8) is 0 Å². The molecule has 0 aliphatic rings. The first-order valence-corrected chi connectivity index (χ1v) is 9.79. The molecule has 0 N–H and O–H groups in total. The van der Waals surface area contributed by atoms with E-state index in [1.54, 1.807) is 16.3 Å². The van der Waals surface area contributed by atoms with Crippen LogP contribution in [0.2, 0.25) is 0 Å². The number of para-hydroxylation sites is 1. The zero-order chi connectivity index (χ0) is 18.7. The Balaban J connectivity index is 2.10. The third-order valence-corrected chi connectivity index (χ3v) is 4.88. The van der Waals surface area contributed by atoms with Gasteiger partial charge in [0.05, 0.1) is 29.3 Å². The molecule has 0 saturated carbocycles. The molecule has 26 heavy (non-hydrogen) atoms. The summed E-state index contributed by atoms with van der Waals surface area (Å²) < 4.78 is 7.35. The van der Waals surface area contributed by atoms with Crippen LogP contribution in [0, 0.1) is 13.8 Å². The molecule has 5 heteroatoms. The molecule has 0 aliphatic carbocycles. The van der Waals surface area contributed by atoms with Gasteiger partial charge in [0.15, 0.2) is 5.16 Å². The van der Waals surface area contributed by atoms with Gasteiger partial charge in [-0.2, -0.15) is 0 Å². The van der Waals surface area contributed by atoms with E-state index in [2.05, 4.69) is 6.07 Å². The molecular weight excluding hydrogens is 344 g/mol. The summed E-state index contributed by atoms with van der Waals surface area (Å²) in [7, 11) is 0. The van der Waals surface area contributed by atoms with Gasteiger partial charge in [-0.1, -0.05) is 30.0 Å². The molecule has 0 amide bonds. The minimum absolute atomic E-state index is 0.0344. The predicted molar refractivity (Wildman–Crippen MR) is 109 cm³/mol. The number of aryl methyl sites for hydroxylation is 2. The highest BCUT2D eigenvalue weighted by atomic mass is 32.2. The highest BCUT2D eigenvalue weighted by molar-refractivity contribution is 7.99. The zero-order valence-electron chi connectivity index (χ0n) is 15.7. The van der Waals surface area contributed by atoms with Crippen LogP contribution in [-0.2, 0) is 4.74 Å². The largest absolute Gasteiger partial charge is 0.378 e. The first kappa shape index (κ1) is 18.7. The molecule has 3 rings (SSSR count). The van der Waals surface area contributed by atoms with Crippen molar-refractivity contribution < 1.29 is 4.74 Å². The Morgan fingerprint density at radius 2 is 1.81 bits per heavy atom. The summed E-state index contributed by atoms with van der Waals surface area (Å²) in [5.74, 6) is 0.744. The van der Waals surface area contributed by atoms with E-state index in [0.717, 1.165) is 28.1 Å². The van der Waals surface area contributed by atoms with Crippen LogP contribution in [0.25, 0.3) is 16.6 Å². The molecule has 1 heterocycles. The molecular formula is C21H24N2O2S. The van der Waals surface area contributed by atoms with Crippen LogP contribution in [0.5, 0.6) is 0 Å². The molecule has 0 bridgehead atoms. The Kier molecular flexibility index (Phi) is 5.79. The van der Waals surface area contributed by atoms with Crippen LogP contribution < -0.4 is 5.56 Å². The fourth-order valence-corrected chi connectivity index (χ4v) is 3.78. The number of benzene rings is 2. The molecule has 4 nitrogen and oxygen atoms in total. The molecule has 1 aromatic heterocycles. The van der Waals surface area contributed by atoms with Crippen molar-refractivity contribution in [2.24, 2.45) is 0 Å². The lowest BCUT2D eigenvalue weighted by Crippen LogP contribution is -2.22. The van der Waals surface area contributed by atoms with Crippen LogP contribution in [-0.4, -0.2) is 28.0 Å². The van der Waals surface area contributed by atoms with E-state index in [1.165, 1.54) is 0 Å². The van der Waals surface area contributed by atoms with E-state index in [0.29, 0.717) is 17.1 Å². The predicted octanol–water partition coefficient (Wildman–Crippen LogP) is 4.52. The summed E-state index contributed by atoms with van der Waals surface area (Å²) in [5.41, 5.74) is 3.80. The number of fused-ring (bicyclic) bond motifs is 1. The first-order valence-electron chi connectivity index (χ1n) is 8.80. The van der Waals surface area contributed by atoms with E-state index >= 15 is 0 Å². The molecule has 0 radical (unpaired) electrons. The van der Waals surface area contributed by atoms with Crippen molar-refractivity contribution >= 4 is 22.7 Å². The molecule has 0 unspecified atom stereocenters. The summed E-state index contributed by atoms with van der Waals surface area (Å²) in [6.07, 6.45) is 0.196. The molecule has 0 fully saturated rings. The standard InChI is InChI=1S/C21H24N2O2S/c1-14(2)25-9-10-26-21-22-19-8-6-5-7-18(19)20(24)23(21)17-12-15(3)11-16(4)13-17/h5-8,11-14H,9-10H2,1-4H3. The number of hydrogen-bond acceptors (Lipinski definition) is 4. The number of rotatable bonds is 6. The lowest BCUT2D eigenvalue weighted by molar-refractivity contribution is 0.0920. The van der Waals surface area contributed by atoms with Gasteiger partial charge in [0.1, 0.15) is 0 Å². The maximum absolute atomic E-state index is 13.2. The fourth-order valence-electron chi connectivity index (χ4n) is 2.93. The van der Waals surface area contributed by atoms with Crippen molar-refractivity contribution in [3.05, 3.63) is 63.9 Å². The first-order chi connectivity index (χ1) is 12.5. The molecule has 136 valence electrons. The lowest BCUT2D eigenvalue weighted by Gasteiger charge is -2.15. The molecule has 0 spiro atoms. The summed E-state index contributed by atoms with van der Waals surface area (Å²) >= 11 is 1.55. The summed E-state index contributed by atoms with van der Waals surface area (Å²) in [6, 6.07) is 13.7. The minimum atomic E-state index is -0.0344. The maximum Gasteiger partial charge on any atom is 0.266 e. The monoisotopic (exact) mass is 368 g/mol. The summed E-state index contributed by atoms with van der Waals surface area (Å²) in [5, 5.41) is 1.33. The molecule has 2 aromatic carbocycles. The Hall–Kier alpha value is -2.11. The average Bonchev–Trinajstić information content (AvgIpc) is 2.58. The van der Waals surface area contributed by atoms with Crippen molar-refractivity contribution in [1.29, 1.82) is 0 Å². The number of hydrogen-bond donors (Lipinski definition) is 0. The Bertz CT molecular complexity index is 959. The van der Waals surface area contributed by atoms with Gasteiger partial charge < -0.3 is 4.74 Å². The van der Waals surface area contributed by atoms with Gasteiger partial charge in [-0.15, -0.1) is 0 Å². The third kappa shape index (κ3) is 4.17. The molecule has 3 aromatic rings. The van der Waals surface area contributed by atoms with E-state index in [-0.39, 0.29) is 11.7 Å². The van der Waals surface area contributed by atoms with Gasteiger partial charge in [0.2, 0.25) is 0 Å².